The van der Waals surface area contributed by atoms with Gasteiger partial charge in [-0.2, -0.15) is 0 Å². The maximum absolute atomic E-state index is 12.2. The molecule has 1 aromatic heterocycles. The van der Waals surface area contributed by atoms with E-state index in [1.165, 1.54) is 12.1 Å². The molecule has 0 aliphatic carbocycles. The maximum atomic E-state index is 12.2. The van der Waals surface area contributed by atoms with Crippen LogP contribution >= 0.6 is 0 Å². The van der Waals surface area contributed by atoms with Gasteiger partial charge in [0.1, 0.15) is 5.69 Å². The molecule has 2 amide bonds. The average Bonchev–Trinajstić information content (AvgIpc) is 2.66. The Morgan fingerprint density at radius 2 is 2.05 bits per heavy atom. The average molecular weight is 286 g/mol. The number of hydrogen-bond acceptors (Lipinski definition) is 4. The highest BCUT2D eigenvalue weighted by molar-refractivity contribution is 6.20. The van der Waals surface area contributed by atoms with E-state index in [1.54, 1.807) is 32.1 Å². The molecule has 21 heavy (non-hydrogen) atoms. The van der Waals surface area contributed by atoms with E-state index in [1.807, 2.05) is 0 Å². The van der Waals surface area contributed by atoms with Gasteiger partial charge in [-0.1, -0.05) is 18.2 Å². The number of amides is 2. The van der Waals surface area contributed by atoms with Crippen molar-refractivity contribution in [3.05, 3.63) is 52.9 Å². The highest BCUT2D eigenvalue weighted by Crippen LogP contribution is 2.23. The van der Waals surface area contributed by atoms with E-state index in [0.29, 0.717) is 16.8 Å². The first-order valence-electron chi connectivity index (χ1n) is 6.34. The van der Waals surface area contributed by atoms with Crippen LogP contribution in [0.1, 0.15) is 30.0 Å². The second-order valence-electron chi connectivity index (χ2n) is 4.55. The zero-order valence-corrected chi connectivity index (χ0v) is 11.7. The molecule has 0 saturated heterocycles. The fourth-order valence-electron chi connectivity index (χ4n) is 2.07. The topological polar surface area (TPSA) is 87.6 Å². The zero-order chi connectivity index (χ0) is 15.6. The van der Waals surface area contributed by atoms with Gasteiger partial charge >= 0.3 is 5.97 Å². The highest BCUT2D eigenvalue weighted by atomic mass is 16.4. The number of aromatic carboxylic acids is 1. The number of carbonyl (C=O) groups is 3. The minimum Gasteiger partial charge on any atom is -0.477 e. The molecule has 0 radical (unpaired) electrons. The highest BCUT2D eigenvalue weighted by Gasteiger charge is 2.34. The van der Waals surface area contributed by atoms with Crippen LogP contribution in [0.2, 0.25) is 0 Å². The lowest BCUT2D eigenvalue weighted by Crippen LogP contribution is -2.31. The van der Waals surface area contributed by atoms with Gasteiger partial charge in [-0.3, -0.25) is 14.5 Å². The summed E-state index contributed by atoms with van der Waals surface area (Å²) < 4.78 is 0. The van der Waals surface area contributed by atoms with Crippen LogP contribution in [-0.2, 0) is 16.1 Å². The molecule has 1 N–H and O–H groups in total. The van der Waals surface area contributed by atoms with E-state index in [9.17, 15) is 14.4 Å². The lowest BCUT2D eigenvalue weighted by molar-refractivity contribution is -0.138. The number of hydrogen-bond donors (Lipinski definition) is 1. The molecule has 0 spiro atoms. The van der Waals surface area contributed by atoms with Crippen LogP contribution in [0.25, 0.3) is 0 Å². The zero-order valence-electron chi connectivity index (χ0n) is 11.7. The molecule has 2 rings (SSSR count). The number of allylic oxidation sites excluding steroid dienone is 1. The SMILES string of the molecule is C/C=C\C1=C(C)C(=O)N(Cc2cccc(C(=O)O)n2)C1=O. The van der Waals surface area contributed by atoms with E-state index in [0.717, 1.165) is 4.90 Å². The molecule has 0 fully saturated rings. The van der Waals surface area contributed by atoms with Crippen LogP contribution in [0.4, 0.5) is 0 Å². The first-order chi connectivity index (χ1) is 9.95. The molecule has 0 unspecified atom stereocenters. The Bertz CT molecular complexity index is 689. The van der Waals surface area contributed by atoms with Gasteiger partial charge < -0.3 is 5.11 Å². The van der Waals surface area contributed by atoms with Gasteiger partial charge in [-0.25, -0.2) is 9.78 Å². The summed E-state index contributed by atoms with van der Waals surface area (Å²) in [6.07, 6.45) is 3.29. The number of carboxylic acids is 1. The van der Waals surface area contributed by atoms with Crippen molar-refractivity contribution in [2.45, 2.75) is 20.4 Å². The minimum absolute atomic E-state index is 0.0445. The number of carbonyl (C=O) groups excluding carboxylic acids is 2. The number of carboxylic acid groups (broad SMARTS) is 1. The lowest BCUT2D eigenvalue weighted by atomic mass is 10.1. The van der Waals surface area contributed by atoms with Crippen molar-refractivity contribution >= 4 is 17.8 Å². The van der Waals surface area contributed by atoms with Gasteiger partial charge in [0, 0.05) is 11.1 Å². The van der Waals surface area contributed by atoms with Crippen molar-refractivity contribution < 1.29 is 19.5 Å². The summed E-state index contributed by atoms with van der Waals surface area (Å²) in [6, 6.07) is 4.47. The van der Waals surface area contributed by atoms with Crippen molar-refractivity contribution in [1.82, 2.24) is 9.88 Å². The van der Waals surface area contributed by atoms with Gasteiger partial charge in [0.2, 0.25) is 0 Å². The normalized spacial score (nSPS) is 15.4. The number of pyridine rings is 1. The molecule has 0 bridgehead atoms. The third-order valence-corrected chi connectivity index (χ3v) is 3.12. The Morgan fingerprint density at radius 3 is 2.67 bits per heavy atom. The van der Waals surface area contributed by atoms with Crippen LogP contribution in [0.15, 0.2) is 41.5 Å². The predicted molar refractivity (Wildman–Crippen MR) is 74.3 cm³/mol. The van der Waals surface area contributed by atoms with Crippen molar-refractivity contribution in [3.63, 3.8) is 0 Å². The summed E-state index contributed by atoms with van der Waals surface area (Å²) >= 11 is 0. The fraction of sp³-hybridized carbons (Fsp3) is 0.200. The number of imide groups is 1. The third-order valence-electron chi connectivity index (χ3n) is 3.12. The summed E-state index contributed by atoms with van der Waals surface area (Å²) in [5.74, 6) is -1.92. The largest absolute Gasteiger partial charge is 0.477 e. The summed E-state index contributed by atoms with van der Waals surface area (Å²) in [6.45, 7) is 3.31. The molecular weight excluding hydrogens is 272 g/mol. The van der Waals surface area contributed by atoms with Crippen LogP contribution < -0.4 is 0 Å². The maximum Gasteiger partial charge on any atom is 0.354 e. The molecule has 0 saturated carbocycles. The van der Waals surface area contributed by atoms with Crippen molar-refractivity contribution in [2.24, 2.45) is 0 Å². The molecule has 1 aliphatic rings. The van der Waals surface area contributed by atoms with E-state index in [4.69, 9.17) is 5.11 Å². The van der Waals surface area contributed by atoms with Gasteiger partial charge in [-0.05, 0) is 26.0 Å². The molecular formula is C15H14N2O4. The molecule has 2 heterocycles. The van der Waals surface area contributed by atoms with Gasteiger partial charge in [0.25, 0.3) is 11.8 Å². The molecule has 6 heteroatoms. The Morgan fingerprint density at radius 1 is 1.33 bits per heavy atom. The first-order valence-corrected chi connectivity index (χ1v) is 6.34. The summed E-state index contributed by atoms with van der Waals surface area (Å²) in [5.41, 5.74) is 0.973. The third kappa shape index (κ3) is 2.74. The first kappa shape index (κ1) is 14.6. The second-order valence-corrected chi connectivity index (χ2v) is 4.55. The lowest BCUT2D eigenvalue weighted by Gasteiger charge is -2.14. The molecule has 1 aliphatic heterocycles. The predicted octanol–water partition coefficient (Wildman–Crippen LogP) is 1.54. The van der Waals surface area contributed by atoms with Crippen LogP contribution in [0, 0.1) is 0 Å². The molecule has 108 valence electrons. The number of nitrogens with zero attached hydrogens (tertiary/aromatic N) is 2. The quantitative estimate of drug-likeness (QED) is 0.848. The van der Waals surface area contributed by atoms with Crippen molar-refractivity contribution in [2.75, 3.05) is 0 Å². The van der Waals surface area contributed by atoms with Crippen LogP contribution in [0.3, 0.4) is 0 Å². The van der Waals surface area contributed by atoms with Crippen LogP contribution in [0.5, 0.6) is 0 Å². The van der Waals surface area contributed by atoms with Crippen molar-refractivity contribution in [3.8, 4) is 0 Å². The van der Waals surface area contributed by atoms with Crippen LogP contribution in [-0.4, -0.2) is 32.8 Å². The molecule has 0 atom stereocenters. The summed E-state index contributed by atoms with van der Waals surface area (Å²) in [7, 11) is 0. The van der Waals surface area contributed by atoms with Gasteiger partial charge in [-0.15, -0.1) is 0 Å². The fourth-order valence-corrected chi connectivity index (χ4v) is 2.07. The summed E-state index contributed by atoms with van der Waals surface area (Å²) in [4.78, 5) is 40.2. The summed E-state index contributed by atoms with van der Waals surface area (Å²) in [5, 5.41) is 8.90. The molecule has 1 aromatic rings. The Hall–Kier alpha value is -2.76. The monoisotopic (exact) mass is 286 g/mol. The Balaban J connectivity index is 2.26. The Labute approximate surface area is 121 Å². The Kier molecular flexibility index (Phi) is 3.98. The standard InChI is InChI=1S/C15H14N2O4/c1-3-5-11-9(2)13(18)17(14(11)19)8-10-6-4-7-12(16-10)15(20)21/h3-7H,8H2,1-2H3,(H,20,21)/b5-3-. The van der Waals surface area contributed by atoms with E-state index in [2.05, 4.69) is 4.98 Å². The van der Waals surface area contributed by atoms with E-state index in [-0.39, 0.29) is 18.1 Å². The smallest absolute Gasteiger partial charge is 0.354 e. The van der Waals surface area contributed by atoms with E-state index >= 15 is 0 Å². The van der Waals surface area contributed by atoms with Gasteiger partial charge in [0.05, 0.1) is 12.2 Å². The van der Waals surface area contributed by atoms with E-state index < -0.39 is 11.9 Å². The number of aromatic nitrogens is 1. The number of rotatable bonds is 4. The second kappa shape index (κ2) is 5.70. The molecule has 0 aromatic carbocycles. The van der Waals surface area contributed by atoms with Gasteiger partial charge in [0.15, 0.2) is 0 Å². The molecule has 6 nitrogen and oxygen atoms in total. The minimum atomic E-state index is -1.15. The van der Waals surface area contributed by atoms with Crippen molar-refractivity contribution in [1.29, 1.82) is 0 Å².